The molecule has 0 fully saturated rings. The van der Waals surface area contributed by atoms with Gasteiger partial charge in [0, 0.05) is 23.4 Å². The average Bonchev–Trinajstić information content (AvgIpc) is 3.30. The molecule has 2 aromatic heterocycles. The predicted octanol–water partition coefficient (Wildman–Crippen LogP) is 3.59. The standard InChI is InChI=1S/C18H12N4O5/c23-18(16-5-2-8-27-16)19-12-4-1-3-11(9-12)17-20-14-7-6-13(22(25)26)10-15(14)21(17)24/h1-10,24H,(H-,19,23,25,26)/p+1. The van der Waals surface area contributed by atoms with E-state index in [1.807, 2.05) is 0 Å². The van der Waals surface area contributed by atoms with E-state index in [1.165, 1.54) is 24.5 Å². The van der Waals surface area contributed by atoms with Crippen LogP contribution in [0, 0.1) is 4.91 Å². The summed E-state index contributed by atoms with van der Waals surface area (Å²) in [6.45, 7) is 0. The molecule has 9 heteroatoms. The molecule has 0 unspecified atom stereocenters. The molecule has 0 bridgehead atoms. The molecule has 2 aromatic carbocycles. The number of carbonyl (C=O) groups excluding carboxylic acids is 1. The highest BCUT2D eigenvalue weighted by Crippen LogP contribution is 2.27. The molecule has 0 aliphatic heterocycles. The molecule has 4 aromatic rings. The monoisotopic (exact) mass is 365 g/mol. The average molecular weight is 365 g/mol. The lowest BCUT2D eigenvalue weighted by Crippen LogP contribution is -2.10. The van der Waals surface area contributed by atoms with Crippen LogP contribution in [0.2, 0.25) is 0 Å². The van der Waals surface area contributed by atoms with E-state index in [-0.39, 0.29) is 27.7 Å². The number of fused-ring (bicyclic) bond motifs is 1. The summed E-state index contributed by atoms with van der Waals surface area (Å²) in [5, 5.41) is 22.1. The number of anilines is 1. The van der Waals surface area contributed by atoms with Crippen molar-refractivity contribution in [2.75, 3.05) is 5.32 Å². The van der Waals surface area contributed by atoms with E-state index in [1.54, 1.807) is 36.4 Å². The quantitative estimate of drug-likeness (QED) is 0.375. The molecule has 9 nitrogen and oxygen atoms in total. The largest absolute Gasteiger partial charge is 0.459 e. The molecule has 0 aliphatic rings. The maximum Gasteiger partial charge on any atom is 0.318 e. The molecule has 0 saturated carbocycles. The van der Waals surface area contributed by atoms with Crippen LogP contribution in [0.1, 0.15) is 10.6 Å². The summed E-state index contributed by atoms with van der Waals surface area (Å²) in [5.74, 6) is -0.0158. The molecule has 0 aliphatic carbocycles. The SMILES string of the molecule is O=C(Nc1cccc(-c2nc3ccc([N+](=O)O)cc3n2O)c1)c1ccco1. The number of rotatable bonds is 4. The molecular formula is C18H13N4O5+. The van der Waals surface area contributed by atoms with E-state index in [9.17, 15) is 14.9 Å². The Balaban J connectivity index is 1.70. The van der Waals surface area contributed by atoms with Crippen LogP contribution in [-0.2, 0) is 0 Å². The maximum atomic E-state index is 12.1. The third-order valence-electron chi connectivity index (χ3n) is 3.96. The number of aromatic nitrogens is 2. The number of amides is 1. The van der Waals surface area contributed by atoms with E-state index in [0.717, 1.165) is 4.73 Å². The molecule has 1 amide bonds. The van der Waals surface area contributed by atoms with Gasteiger partial charge in [-0.1, -0.05) is 12.1 Å². The van der Waals surface area contributed by atoms with Gasteiger partial charge in [-0.05, 0) is 30.3 Å². The molecule has 0 atom stereocenters. The van der Waals surface area contributed by atoms with Gasteiger partial charge >= 0.3 is 5.69 Å². The summed E-state index contributed by atoms with van der Waals surface area (Å²) in [5.41, 5.74) is 1.67. The first-order valence-electron chi connectivity index (χ1n) is 7.86. The second-order valence-corrected chi connectivity index (χ2v) is 5.71. The number of furan rings is 1. The Labute approximate surface area is 151 Å². The van der Waals surface area contributed by atoms with Crippen LogP contribution < -0.4 is 5.32 Å². The fourth-order valence-corrected chi connectivity index (χ4v) is 2.69. The number of benzene rings is 2. The van der Waals surface area contributed by atoms with Crippen LogP contribution in [0.25, 0.3) is 22.4 Å². The van der Waals surface area contributed by atoms with Gasteiger partial charge in [0.1, 0.15) is 5.52 Å². The van der Waals surface area contributed by atoms with Crippen molar-refractivity contribution >= 4 is 28.3 Å². The van der Waals surface area contributed by atoms with Gasteiger partial charge in [0.25, 0.3) is 10.8 Å². The van der Waals surface area contributed by atoms with Crippen molar-refractivity contribution in [3.8, 4) is 11.4 Å². The lowest BCUT2D eigenvalue weighted by molar-refractivity contribution is -0.729. The number of imidazole rings is 1. The normalized spacial score (nSPS) is 10.8. The highest BCUT2D eigenvalue weighted by atomic mass is 16.6. The summed E-state index contributed by atoms with van der Waals surface area (Å²) in [6.07, 6.45) is 1.41. The molecular weight excluding hydrogens is 352 g/mol. The van der Waals surface area contributed by atoms with Crippen LogP contribution >= 0.6 is 0 Å². The second-order valence-electron chi connectivity index (χ2n) is 5.71. The van der Waals surface area contributed by atoms with Crippen molar-refractivity contribution in [2.45, 2.75) is 0 Å². The Morgan fingerprint density at radius 2 is 2.00 bits per heavy atom. The Kier molecular flexibility index (Phi) is 3.81. The zero-order valence-electron chi connectivity index (χ0n) is 13.7. The molecule has 27 heavy (non-hydrogen) atoms. The van der Waals surface area contributed by atoms with Gasteiger partial charge in [0.05, 0.1) is 16.7 Å². The first-order chi connectivity index (χ1) is 13.0. The molecule has 134 valence electrons. The smallest absolute Gasteiger partial charge is 0.318 e. The third kappa shape index (κ3) is 2.97. The first-order valence-corrected chi connectivity index (χ1v) is 7.86. The van der Waals surface area contributed by atoms with Gasteiger partial charge in [-0.2, -0.15) is 4.73 Å². The summed E-state index contributed by atoms with van der Waals surface area (Å²) >= 11 is 0. The lowest BCUT2D eigenvalue weighted by atomic mass is 10.2. The van der Waals surface area contributed by atoms with Crippen molar-refractivity contribution in [1.82, 2.24) is 9.71 Å². The summed E-state index contributed by atoms with van der Waals surface area (Å²) in [7, 11) is 0. The van der Waals surface area contributed by atoms with Gasteiger partial charge in [-0.25, -0.2) is 10.2 Å². The molecule has 0 saturated heterocycles. The maximum absolute atomic E-state index is 12.1. The van der Waals surface area contributed by atoms with Gasteiger partial charge in [-0.3, -0.25) is 4.79 Å². The van der Waals surface area contributed by atoms with Crippen LogP contribution in [-0.4, -0.2) is 31.0 Å². The Hall–Kier alpha value is -4.14. The van der Waals surface area contributed by atoms with E-state index in [4.69, 9.17) is 9.62 Å². The topological polar surface area (TPSA) is 121 Å². The number of nitrogens with zero attached hydrogens (tertiary/aromatic N) is 3. The van der Waals surface area contributed by atoms with Crippen molar-refractivity contribution in [2.24, 2.45) is 0 Å². The first kappa shape index (κ1) is 16.3. The molecule has 0 spiro atoms. The lowest BCUT2D eigenvalue weighted by Gasteiger charge is -2.06. The highest BCUT2D eigenvalue weighted by Gasteiger charge is 2.18. The van der Waals surface area contributed by atoms with Crippen molar-refractivity contribution in [1.29, 1.82) is 0 Å². The fourth-order valence-electron chi connectivity index (χ4n) is 2.69. The third-order valence-corrected chi connectivity index (χ3v) is 3.96. The molecule has 3 N–H and O–H groups in total. The highest BCUT2D eigenvalue weighted by molar-refractivity contribution is 6.02. The second kappa shape index (κ2) is 6.30. The summed E-state index contributed by atoms with van der Waals surface area (Å²) in [6, 6.07) is 14.1. The number of nitrogens with one attached hydrogen (secondary N) is 1. The van der Waals surface area contributed by atoms with Crippen LogP contribution in [0.15, 0.2) is 65.3 Å². The van der Waals surface area contributed by atoms with Crippen LogP contribution in [0.5, 0.6) is 0 Å². The molecule has 4 rings (SSSR count). The number of hydrogen-bond acceptors (Lipinski definition) is 5. The predicted molar refractivity (Wildman–Crippen MR) is 94.1 cm³/mol. The molecule has 0 radical (unpaired) electrons. The minimum atomic E-state index is -0.405. The zero-order chi connectivity index (χ0) is 19.0. The Bertz CT molecular complexity index is 1160. The number of hydrogen-bond donors (Lipinski definition) is 3. The van der Waals surface area contributed by atoms with Crippen molar-refractivity contribution in [3.63, 3.8) is 0 Å². The minimum Gasteiger partial charge on any atom is -0.459 e. The van der Waals surface area contributed by atoms with Crippen LogP contribution in [0.4, 0.5) is 11.4 Å². The minimum absolute atomic E-state index is 0.0382. The number of carbonyl (C=O) groups is 1. The van der Waals surface area contributed by atoms with Gasteiger partial charge in [0.15, 0.2) is 11.6 Å². The van der Waals surface area contributed by atoms with E-state index in [2.05, 4.69) is 10.3 Å². The van der Waals surface area contributed by atoms with Crippen molar-refractivity contribution < 1.29 is 24.5 Å². The van der Waals surface area contributed by atoms with Gasteiger partial charge in [-0.15, -0.1) is 0 Å². The van der Waals surface area contributed by atoms with Crippen LogP contribution in [0.3, 0.4) is 0 Å². The molecule has 2 heterocycles. The van der Waals surface area contributed by atoms with Crippen molar-refractivity contribution in [3.05, 3.63) is 71.5 Å². The fraction of sp³-hybridized carbons (Fsp3) is 0. The van der Waals surface area contributed by atoms with Gasteiger partial charge < -0.3 is 14.9 Å². The van der Waals surface area contributed by atoms with E-state index in [0.29, 0.717) is 16.8 Å². The zero-order valence-corrected chi connectivity index (χ0v) is 13.7. The summed E-state index contributed by atoms with van der Waals surface area (Å²) in [4.78, 5) is 27.2. The summed E-state index contributed by atoms with van der Waals surface area (Å²) < 4.78 is 5.87. The Morgan fingerprint density at radius 1 is 1.15 bits per heavy atom. The van der Waals surface area contributed by atoms with E-state index >= 15 is 0 Å². The van der Waals surface area contributed by atoms with Gasteiger partial charge in [0.2, 0.25) is 0 Å². The van der Waals surface area contributed by atoms with E-state index < -0.39 is 5.91 Å². The Morgan fingerprint density at radius 3 is 2.74 bits per heavy atom.